The first-order valence-electron chi connectivity index (χ1n) is 9.90. The molecule has 2 amide bonds. The van der Waals surface area contributed by atoms with Gasteiger partial charge in [0.15, 0.2) is 0 Å². The molecule has 0 aliphatic heterocycles. The molecular weight excluding hydrogens is 434 g/mol. The Kier molecular flexibility index (Phi) is 8.91. The number of aryl methyl sites for hydroxylation is 2. The van der Waals surface area contributed by atoms with E-state index in [-0.39, 0.29) is 42.6 Å². The minimum atomic E-state index is -3.69. The molecule has 2 aromatic carbocycles. The van der Waals surface area contributed by atoms with E-state index in [1.165, 1.54) is 13.2 Å². The average molecular weight is 462 g/mol. The minimum Gasteiger partial charge on any atom is -0.468 e. The van der Waals surface area contributed by atoms with Gasteiger partial charge in [0.25, 0.3) is 0 Å². The molecule has 10 heteroatoms. The highest BCUT2D eigenvalue weighted by Gasteiger charge is 2.15. The predicted molar refractivity (Wildman–Crippen MR) is 120 cm³/mol. The molecule has 0 aliphatic carbocycles. The van der Waals surface area contributed by atoms with E-state index in [1.54, 1.807) is 36.4 Å². The normalized spacial score (nSPS) is 11.0. The smallest absolute Gasteiger partial charge is 0.325 e. The number of hydrogen-bond acceptors (Lipinski definition) is 6. The van der Waals surface area contributed by atoms with Crippen molar-refractivity contribution in [3.05, 3.63) is 59.2 Å². The van der Waals surface area contributed by atoms with Crippen LogP contribution in [0.15, 0.2) is 47.4 Å². The Bertz CT molecular complexity index is 1080. The van der Waals surface area contributed by atoms with Gasteiger partial charge in [-0.25, -0.2) is 13.1 Å². The highest BCUT2D eigenvalue weighted by molar-refractivity contribution is 7.89. The molecule has 172 valence electrons. The van der Waals surface area contributed by atoms with E-state index in [0.717, 1.165) is 11.1 Å². The molecule has 2 aromatic rings. The fourth-order valence-electron chi connectivity index (χ4n) is 2.68. The maximum absolute atomic E-state index is 12.4. The Hall–Kier alpha value is -3.24. The van der Waals surface area contributed by atoms with E-state index in [0.29, 0.717) is 11.3 Å². The maximum Gasteiger partial charge on any atom is 0.325 e. The summed E-state index contributed by atoms with van der Waals surface area (Å²) < 4.78 is 31.6. The summed E-state index contributed by atoms with van der Waals surface area (Å²) in [5.41, 5.74) is 3.09. The molecule has 0 bridgehead atoms. The number of methoxy groups -OCH3 is 1. The third kappa shape index (κ3) is 7.78. The van der Waals surface area contributed by atoms with Crippen molar-refractivity contribution < 1.29 is 27.5 Å². The molecule has 9 nitrogen and oxygen atoms in total. The number of amides is 2. The van der Waals surface area contributed by atoms with Gasteiger partial charge in [-0.1, -0.05) is 18.2 Å². The van der Waals surface area contributed by atoms with Crippen molar-refractivity contribution in [2.24, 2.45) is 0 Å². The van der Waals surface area contributed by atoms with Gasteiger partial charge in [-0.15, -0.1) is 0 Å². The quantitative estimate of drug-likeness (QED) is 0.459. The first kappa shape index (κ1) is 25.0. The SMILES string of the molecule is COC(=O)CNC(=O)Cc1ccc(NC(=O)CCNS(=O)(=O)c2ccc(C)c(C)c2)cc1. The number of benzene rings is 2. The van der Waals surface area contributed by atoms with E-state index in [2.05, 4.69) is 20.1 Å². The second kappa shape index (κ2) is 11.4. The Morgan fingerprint density at radius 2 is 1.62 bits per heavy atom. The molecule has 0 heterocycles. The monoisotopic (exact) mass is 461 g/mol. The summed E-state index contributed by atoms with van der Waals surface area (Å²) in [5, 5.41) is 5.12. The maximum atomic E-state index is 12.4. The molecule has 0 spiro atoms. The summed E-state index contributed by atoms with van der Waals surface area (Å²) in [7, 11) is -2.46. The largest absolute Gasteiger partial charge is 0.468 e. The minimum absolute atomic E-state index is 0.0399. The number of esters is 1. The summed E-state index contributed by atoms with van der Waals surface area (Å²) in [6.45, 7) is 3.49. The number of nitrogens with one attached hydrogen (secondary N) is 3. The van der Waals surface area contributed by atoms with E-state index in [9.17, 15) is 22.8 Å². The van der Waals surface area contributed by atoms with E-state index in [4.69, 9.17) is 0 Å². The van der Waals surface area contributed by atoms with Crippen LogP contribution in [0.1, 0.15) is 23.1 Å². The van der Waals surface area contributed by atoms with Gasteiger partial charge in [0.2, 0.25) is 21.8 Å². The van der Waals surface area contributed by atoms with Crippen LogP contribution in [-0.2, 0) is 35.6 Å². The van der Waals surface area contributed by atoms with Crippen molar-refractivity contribution in [3.63, 3.8) is 0 Å². The summed E-state index contributed by atoms with van der Waals surface area (Å²) in [4.78, 5) is 35.1. The Morgan fingerprint density at radius 3 is 2.25 bits per heavy atom. The molecular formula is C22H27N3O6S. The first-order chi connectivity index (χ1) is 15.1. The Labute approximate surface area is 187 Å². The number of sulfonamides is 1. The third-order valence-corrected chi connectivity index (χ3v) is 6.15. The van der Waals surface area contributed by atoms with Crippen molar-refractivity contribution in [2.75, 3.05) is 25.5 Å². The Balaban J connectivity index is 1.79. The van der Waals surface area contributed by atoms with Gasteiger partial charge in [0.05, 0.1) is 18.4 Å². The van der Waals surface area contributed by atoms with Crippen LogP contribution in [0.2, 0.25) is 0 Å². The summed E-state index contributed by atoms with van der Waals surface area (Å²) in [6.07, 6.45) is 0.0350. The zero-order valence-corrected chi connectivity index (χ0v) is 19.0. The highest BCUT2D eigenvalue weighted by atomic mass is 32.2. The average Bonchev–Trinajstić information content (AvgIpc) is 2.75. The lowest BCUT2D eigenvalue weighted by molar-refractivity contribution is -0.141. The van der Waals surface area contributed by atoms with Crippen LogP contribution in [0.5, 0.6) is 0 Å². The van der Waals surface area contributed by atoms with Crippen LogP contribution < -0.4 is 15.4 Å². The first-order valence-corrected chi connectivity index (χ1v) is 11.4. The molecule has 2 rings (SSSR count). The second-order valence-corrected chi connectivity index (χ2v) is 8.94. The van der Waals surface area contributed by atoms with Gasteiger partial charge in [0.1, 0.15) is 6.54 Å². The van der Waals surface area contributed by atoms with Gasteiger partial charge < -0.3 is 15.4 Å². The number of anilines is 1. The van der Waals surface area contributed by atoms with Crippen molar-refractivity contribution in [1.29, 1.82) is 0 Å². The van der Waals surface area contributed by atoms with Crippen LogP contribution in [-0.4, -0.2) is 46.4 Å². The van der Waals surface area contributed by atoms with Crippen molar-refractivity contribution in [2.45, 2.75) is 31.6 Å². The lowest BCUT2D eigenvalue weighted by atomic mass is 10.1. The van der Waals surface area contributed by atoms with Crippen LogP contribution in [0.25, 0.3) is 0 Å². The molecule has 0 aliphatic rings. The molecule has 32 heavy (non-hydrogen) atoms. The van der Waals surface area contributed by atoms with Gasteiger partial charge in [-0.2, -0.15) is 0 Å². The van der Waals surface area contributed by atoms with Crippen molar-refractivity contribution in [1.82, 2.24) is 10.0 Å². The second-order valence-electron chi connectivity index (χ2n) is 7.17. The van der Waals surface area contributed by atoms with Crippen LogP contribution >= 0.6 is 0 Å². The van der Waals surface area contributed by atoms with E-state index >= 15 is 0 Å². The molecule has 0 saturated carbocycles. The van der Waals surface area contributed by atoms with E-state index < -0.39 is 16.0 Å². The highest BCUT2D eigenvalue weighted by Crippen LogP contribution is 2.15. The molecule has 0 radical (unpaired) electrons. The topological polar surface area (TPSA) is 131 Å². The fourth-order valence-corrected chi connectivity index (χ4v) is 3.80. The van der Waals surface area contributed by atoms with Gasteiger partial charge in [-0.05, 0) is 54.8 Å². The number of rotatable bonds is 10. The lowest BCUT2D eigenvalue weighted by Gasteiger charge is -2.10. The standard InChI is InChI=1S/C22H27N3O6S/c1-15-4-9-19(12-16(15)2)32(29,30)24-11-10-20(26)25-18-7-5-17(6-8-18)13-21(27)23-14-22(28)31-3/h4-9,12,24H,10-11,13-14H2,1-3H3,(H,23,27)(H,25,26). The number of ether oxygens (including phenoxy) is 1. The third-order valence-electron chi connectivity index (χ3n) is 4.69. The van der Waals surface area contributed by atoms with Crippen molar-refractivity contribution >= 4 is 33.5 Å². The Morgan fingerprint density at radius 1 is 0.938 bits per heavy atom. The summed E-state index contributed by atoms with van der Waals surface area (Å²) >= 11 is 0. The number of hydrogen-bond donors (Lipinski definition) is 3. The zero-order valence-electron chi connectivity index (χ0n) is 18.2. The molecule has 0 saturated heterocycles. The van der Waals surface area contributed by atoms with Gasteiger partial charge in [0, 0.05) is 18.7 Å². The van der Waals surface area contributed by atoms with Crippen LogP contribution in [0, 0.1) is 13.8 Å². The molecule has 0 aromatic heterocycles. The van der Waals surface area contributed by atoms with E-state index in [1.807, 2.05) is 13.8 Å². The van der Waals surface area contributed by atoms with Crippen LogP contribution in [0.4, 0.5) is 5.69 Å². The molecule has 0 atom stereocenters. The summed E-state index contributed by atoms with van der Waals surface area (Å²) in [6, 6.07) is 11.5. The predicted octanol–water partition coefficient (Wildman–Crippen LogP) is 1.44. The van der Waals surface area contributed by atoms with Crippen molar-refractivity contribution in [3.8, 4) is 0 Å². The fraction of sp³-hybridized carbons (Fsp3) is 0.318. The number of carbonyl (C=O) groups is 3. The zero-order chi connectivity index (χ0) is 23.7. The van der Waals surface area contributed by atoms with Crippen LogP contribution in [0.3, 0.4) is 0 Å². The summed E-state index contributed by atoms with van der Waals surface area (Å²) in [5.74, 6) is -1.22. The number of carbonyl (C=O) groups excluding carboxylic acids is 3. The lowest BCUT2D eigenvalue weighted by Crippen LogP contribution is -2.31. The van der Waals surface area contributed by atoms with Gasteiger partial charge >= 0.3 is 5.97 Å². The molecule has 0 unspecified atom stereocenters. The molecule has 0 fully saturated rings. The molecule has 3 N–H and O–H groups in total. The van der Waals surface area contributed by atoms with Gasteiger partial charge in [-0.3, -0.25) is 14.4 Å².